The first kappa shape index (κ1) is 10.5. The Morgan fingerprint density at radius 1 is 1.60 bits per heavy atom. The summed E-state index contributed by atoms with van der Waals surface area (Å²) in [5.74, 6) is -0.281. The van der Waals surface area contributed by atoms with Crippen LogP contribution in [0.25, 0.3) is 0 Å². The normalized spacial score (nSPS) is 16.6. The average molecular weight is 229 g/mol. The summed E-state index contributed by atoms with van der Waals surface area (Å²) in [6, 6.07) is 2.84. The van der Waals surface area contributed by atoms with Gasteiger partial charge in [0.05, 0.1) is 5.69 Å². The summed E-state index contributed by atoms with van der Waals surface area (Å²) in [5.41, 5.74) is 2.34. The number of fused-ring (bicyclic) bond motifs is 1. The van der Waals surface area contributed by atoms with Gasteiger partial charge in [-0.25, -0.2) is 4.39 Å². The fraction of sp³-hybridized carbons (Fsp3) is 0.333. The lowest BCUT2D eigenvalue weighted by Gasteiger charge is -2.23. The molecule has 15 heavy (non-hydrogen) atoms. The Morgan fingerprint density at radius 2 is 2.33 bits per heavy atom. The maximum atomic E-state index is 13.1. The third kappa shape index (κ3) is 2.01. The number of aryl methyl sites for hydroxylation is 1. The van der Waals surface area contributed by atoms with Crippen LogP contribution in [0.4, 0.5) is 10.1 Å². The predicted octanol–water partition coefficient (Wildman–Crippen LogP) is 0.795. The zero-order valence-corrected chi connectivity index (χ0v) is 8.94. The summed E-state index contributed by atoms with van der Waals surface area (Å²) >= 11 is -2.34. The molecule has 1 N–H and O–H groups in total. The average Bonchev–Trinajstić information content (AvgIpc) is 2.46. The zero-order valence-electron chi connectivity index (χ0n) is 8.12. The van der Waals surface area contributed by atoms with Gasteiger partial charge in [0.1, 0.15) is 5.82 Å². The Balaban J connectivity index is 2.37. The molecular formula is C9H10FN2O2S-. The summed E-state index contributed by atoms with van der Waals surface area (Å²) in [6.07, 6.45) is 0.651. The highest BCUT2D eigenvalue weighted by Crippen LogP contribution is 2.30. The summed E-state index contributed by atoms with van der Waals surface area (Å²) in [5, 5.41) is 1.52. The smallest absolute Gasteiger partial charge is 0.123 e. The lowest BCUT2D eigenvalue weighted by Crippen LogP contribution is -2.38. The van der Waals surface area contributed by atoms with E-state index in [9.17, 15) is 13.2 Å². The Morgan fingerprint density at radius 3 is 3.00 bits per heavy atom. The van der Waals surface area contributed by atoms with Gasteiger partial charge in [-0.2, -0.15) is 4.83 Å². The molecule has 6 heteroatoms. The second-order valence-corrected chi connectivity index (χ2v) is 4.11. The van der Waals surface area contributed by atoms with Crippen molar-refractivity contribution in [1.29, 1.82) is 0 Å². The number of anilines is 1. The van der Waals surface area contributed by atoms with Crippen molar-refractivity contribution >= 4 is 17.0 Å². The van der Waals surface area contributed by atoms with Gasteiger partial charge in [-0.05, 0) is 36.6 Å². The molecule has 0 spiro atoms. The fourth-order valence-corrected chi connectivity index (χ4v) is 2.27. The minimum absolute atomic E-state index is 0.281. The summed E-state index contributed by atoms with van der Waals surface area (Å²) in [6.45, 7) is 2.29. The third-order valence-corrected chi connectivity index (χ3v) is 2.77. The molecule has 1 aromatic rings. The predicted molar refractivity (Wildman–Crippen MR) is 54.2 cm³/mol. The van der Waals surface area contributed by atoms with Crippen LogP contribution in [0, 0.1) is 12.7 Å². The van der Waals surface area contributed by atoms with Gasteiger partial charge in [0.15, 0.2) is 0 Å². The lowest BCUT2D eigenvalue weighted by molar-refractivity contribution is 0.520. The van der Waals surface area contributed by atoms with Crippen LogP contribution in [0.15, 0.2) is 12.1 Å². The quantitative estimate of drug-likeness (QED) is 0.763. The van der Waals surface area contributed by atoms with Crippen LogP contribution in [-0.2, 0) is 17.7 Å². The summed E-state index contributed by atoms with van der Waals surface area (Å²) < 4.78 is 34.1. The van der Waals surface area contributed by atoms with Gasteiger partial charge in [-0.15, -0.1) is 0 Å². The molecular weight excluding hydrogens is 219 g/mol. The Labute approximate surface area is 89.5 Å². The molecule has 0 aliphatic carbocycles. The van der Waals surface area contributed by atoms with E-state index in [-0.39, 0.29) is 5.82 Å². The lowest BCUT2D eigenvalue weighted by atomic mass is 10.1. The molecule has 82 valence electrons. The van der Waals surface area contributed by atoms with E-state index >= 15 is 0 Å². The van der Waals surface area contributed by atoms with Crippen LogP contribution < -0.4 is 9.84 Å². The van der Waals surface area contributed by atoms with Crippen LogP contribution in [0.1, 0.15) is 11.1 Å². The molecule has 0 amide bonds. The first-order valence-corrected chi connectivity index (χ1v) is 5.57. The molecule has 0 radical (unpaired) electrons. The molecule has 4 nitrogen and oxygen atoms in total. The van der Waals surface area contributed by atoms with Gasteiger partial charge in [0.25, 0.3) is 0 Å². The molecule has 1 aromatic carbocycles. The monoisotopic (exact) mass is 229 g/mol. The highest BCUT2D eigenvalue weighted by Gasteiger charge is 2.21. The van der Waals surface area contributed by atoms with Crippen molar-refractivity contribution in [2.45, 2.75) is 13.3 Å². The molecule has 2 rings (SSSR count). The summed E-state index contributed by atoms with van der Waals surface area (Å²) in [7, 11) is 0. The van der Waals surface area contributed by atoms with E-state index in [1.165, 1.54) is 17.1 Å². The Hall–Kier alpha value is -0.980. The number of nitrogens with zero attached hydrogens (tertiary/aromatic N) is 1. The number of hydrogen-bond acceptors (Lipinski definition) is 3. The number of nitrogens with one attached hydrogen (secondary N) is 1. The molecule has 0 aromatic heterocycles. The Bertz CT molecular complexity index is 425. The van der Waals surface area contributed by atoms with E-state index < -0.39 is 11.3 Å². The standard InChI is InChI=1S/C9H11FN2O2S/c1-6-4-8(10)5-7-2-3-12(9(6)7)11-15(13)14/h4-5,11H,2-3H2,1H3,(H,13,14)/p-1. The Kier molecular flexibility index (Phi) is 2.72. The molecule has 1 atom stereocenters. The minimum Gasteiger partial charge on any atom is -0.759 e. The maximum absolute atomic E-state index is 13.1. The van der Waals surface area contributed by atoms with E-state index in [0.717, 1.165) is 16.8 Å². The van der Waals surface area contributed by atoms with Crippen molar-refractivity contribution in [2.24, 2.45) is 0 Å². The van der Waals surface area contributed by atoms with Gasteiger partial charge in [0.2, 0.25) is 0 Å². The number of hydrogen-bond donors (Lipinski definition) is 1. The second-order valence-electron chi connectivity index (χ2n) is 3.46. The van der Waals surface area contributed by atoms with Crippen molar-refractivity contribution in [3.63, 3.8) is 0 Å². The van der Waals surface area contributed by atoms with Crippen molar-refractivity contribution in [2.75, 3.05) is 11.6 Å². The molecule has 0 saturated carbocycles. The third-order valence-electron chi connectivity index (χ3n) is 2.40. The highest BCUT2D eigenvalue weighted by molar-refractivity contribution is 7.77. The van der Waals surface area contributed by atoms with Gasteiger partial charge in [0, 0.05) is 17.8 Å². The maximum Gasteiger partial charge on any atom is 0.123 e. The molecule has 0 fully saturated rings. The van der Waals surface area contributed by atoms with E-state index in [0.29, 0.717) is 13.0 Å². The molecule has 1 aliphatic rings. The van der Waals surface area contributed by atoms with Gasteiger partial charge in [-0.1, -0.05) is 0 Å². The molecule has 0 saturated heterocycles. The van der Waals surface area contributed by atoms with Crippen molar-refractivity contribution < 1.29 is 13.2 Å². The molecule has 0 bridgehead atoms. The number of rotatable bonds is 2. The molecule has 1 aliphatic heterocycles. The van der Waals surface area contributed by atoms with Crippen molar-refractivity contribution in [3.05, 3.63) is 29.1 Å². The second kappa shape index (κ2) is 3.88. The topological polar surface area (TPSA) is 55.4 Å². The fourth-order valence-electron chi connectivity index (χ4n) is 1.91. The van der Waals surface area contributed by atoms with Crippen molar-refractivity contribution in [1.82, 2.24) is 4.83 Å². The SMILES string of the molecule is Cc1cc(F)cc2c1N(NS(=O)[O-])CC2. The van der Waals surface area contributed by atoms with Crippen LogP contribution in [0.2, 0.25) is 0 Å². The van der Waals surface area contributed by atoms with Crippen LogP contribution in [0.3, 0.4) is 0 Å². The van der Waals surface area contributed by atoms with Crippen LogP contribution in [-0.4, -0.2) is 15.3 Å². The van der Waals surface area contributed by atoms with Crippen molar-refractivity contribution in [3.8, 4) is 0 Å². The minimum atomic E-state index is -2.34. The zero-order chi connectivity index (χ0) is 11.0. The summed E-state index contributed by atoms with van der Waals surface area (Å²) in [4.78, 5) is 2.29. The van der Waals surface area contributed by atoms with Gasteiger partial charge >= 0.3 is 0 Å². The van der Waals surface area contributed by atoms with E-state index in [1.54, 1.807) is 6.92 Å². The van der Waals surface area contributed by atoms with E-state index in [4.69, 9.17) is 0 Å². The first-order valence-electron chi connectivity index (χ1n) is 4.50. The molecule has 1 unspecified atom stereocenters. The van der Waals surface area contributed by atoms with E-state index in [2.05, 4.69) is 4.83 Å². The largest absolute Gasteiger partial charge is 0.759 e. The van der Waals surface area contributed by atoms with Crippen LogP contribution >= 0.6 is 0 Å². The van der Waals surface area contributed by atoms with Gasteiger partial charge in [-0.3, -0.25) is 9.22 Å². The van der Waals surface area contributed by atoms with Gasteiger partial charge < -0.3 is 4.55 Å². The molecule has 1 heterocycles. The first-order chi connectivity index (χ1) is 7.08. The number of benzene rings is 1. The van der Waals surface area contributed by atoms with E-state index in [1.807, 2.05) is 0 Å². The highest BCUT2D eigenvalue weighted by atomic mass is 32.2. The van der Waals surface area contributed by atoms with Crippen LogP contribution in [0.5, 0.6) is 0 Å². The number of hydrazine groups is 1. The number of halogens is 1.